The fourth-order valence-corrected chi connectivity index (χ4v) is 2.03. The molecule has 23 heavy (non-hydrogen) atoms. The summed E-state index contributed by atoms with van der Waals surface area (Å²) in [5.74, 6) is 0.248. The highest BCUT2D eigenvalue weighted by Gasteiger charge is 2.03. The summed E-state index contributed by atoms with van der Waals surface area (Å²) in [6.07, 6.45) is 3.06. The first kappa shape index (κ1) is 16.3. The second kappa shape index (κ2) is 7.26. The summed E-state index contributed by atoms with van der Waals surface area (Å²) in [5, 5.41) is 2.71. The van der Waals surface area contributed by atoms with E-state index in [1.54, 1.807) is 55.7 Å². The van der Waals surface area contributed by atoms with Gasteiger partial charge < -0.3 is 15.8 Å². The number of rotatable bonds is 5. The van der Waals surface area contributed by atoms with Crippen molar-refractivity contribution < 1.29 is 14.3 Å². The molecule has 2 aromatic rings. The van der Waals surface area contributed by atoms with Crippen LogP contribution in [0.25, 0.3) is 6.08 Å². The molecule has 0 unspecified atom stereocenters. The fraction of sp³-hybridized carbons (Fsp3) is 0.111. The maximum absolute atomic E-state index is 11.9. The number of nitrogens with two attached hydrogens (primary N) is 1. The fourth-order valence-electron chi connectivity index (χ4n) is 2.03. The molecule has 0 aliphatic heterocycles. The Labute approximate surface area is 134 Å². The lowest BCUT2D eigenvalue weighted by molar-refractivity contribution is -0.111. The van der Waals surface area contributed by atoms with Crippen molar-refractivity contribution in [2.45, 2.75) is 6.92 Å². The minimum Gasteiger partial charge on any atom is -0.495 e. The van der Waals surface area contributed by atoms with Gasteiger partial charge in [0, 0.05) is 17.3 Å². The smallest absolute Gasteiger partial charge is 0.248 e. The van der Waals surface area contributed by atoms with E-state index in [-0.39, 0.29) is 11.7 Å². The van der Waals surface area contributed by atoms with Crippen molar-refractivity contribution in [1.29, 1.82) is 0 Å². The van der Waals surface area contributed by atoms with E-state index in [9.17, 15) is 9.59 Å². The molecule has 1 amide bonds. The largest absolute Gasteiger partial charge is 0.495 e. The van der Waals surface area contributed by atoms with E-state index in [2.05, 4.69) is 5.32 Å². The number of methoxy groups -OCH3 is 1. The summed E-state index contributed by atoms with van der Waals surface area (Å²) in [6.45, 7) is 1.48. The Balaban J connectivity index is 2.05. The average molecular weight is 310 g/mol. The van der Waals surface area contributed by atoms with Crippen molar-refractivity contribution >= 4 is 29.1 Å². The van der Waals surface area contributed by atoms with Crippen LogP contribution in [0.4, 0.5) is 11.4 Å². The number of anilines is 2. The minimum atomic E-state index is -0.292. The lowest BCUT2D eigenvalue weighted by Crippen LogP contribution is -2.08. The Morgan fingerprint density at radius 1 is 1.17 bits per heavy atom. The Morgan fingerprint density at radius 2 is 1.96 bits per heavy atom. The zero-order chi connectivity index (χ0) is 16.8. The summed E-state index contributed by atoms with van der Waals surface area (Å²) >= 11 is 0. The highest BCUT2D eigenvalue weighted by atomic mass is 16.5. The van der Waals surface area contributed by atoms with E-state index in [1.807, 2.05) is 0 Å². The van der Waals surface area contributed by atoms with Gasteiger partial charge in [0.2, 0.25) is 5.91 Å². The number of hydrogen-bond acceptors (Lipinski definition) is 4. The molecule has 5 nitrogen and oxygen atoms in total. The number of Topliss-reactive ketones (excluding diaryl/α,β-unsaturated/α-hetero) is 1. The number of amides is 1. The molecular formula is C18H18N2O3. The molecule has 0 fully saturated rings. The molecule has 0 aliphatic carbocycles. The molecule has 118 valence electrons. The number of nitrogen functional groups attached to an aromatic ring is 1. The summed E-state index contributed by atoms with van der Waals surface area (Å²) in [4.78, 5) is 23.3. The minimum absolute atomic E-state index is 0.0506. The topological polar surface area (TPSA) is 81.4 Å². The van der Waals surface area contributed by atoms with Gasteiger partial charge in [0.05, 0.1) is 12.8 Å². The first-order valence-corrected chi connectivity index (χ1v) is 7.03. The number of benzene rings is 2. The van der Waals surface area contributed by atoms with E-state index in [4.69, 9.17) is 10.5 Å². The maximum atomic E-state index is 11.9. The molecule has 0 aromatic heterocycles. The van der Waals surface area contributed by atoms with Crippen LogP contribution in [-0.2, 0) is 4.79 Å². The number of ketones is 1. The number of ether oxygens (including phenoxy) is 1. The lowest BCUT2D eigenvalue weighted by Gasteiger charge is -2.05. The zero-order valence-corrected chi connectivity index (χ0v) is 13.0. The molecule has 0 bridgehead atoms. The van der Waals surface area contributed by atoms with Crippen molar-refractivity contribution in [1.82, 2.24) is 0 Å². The number of carbonyl (C=O) groups is 2. The van der Waals surface area contributed by atoms with Crippen molar-refractivity contribution in [3.05, 3.63) is 59.7 Å². The van der Waals surface area contributed by atoms with Gasteiger partial charge in [-0.2, -0.15) is 0 Å². The van der Waals surface area contributed by atoms with Gasteiger partial charge in [-0.3, -0.25) is 9.59 Å². The Kier molecular flexibility index (Phi) is 5.15. The van der Waals surface area contributed by atoms with Crippen LogP contribution in [0.15, 0.2) is 48.5 Å². The van der Waals surface area contributed by atoms with Crippen LogP contribution >= 0.6 is 0 Å². The van der Waals surface area contributed by atoms with Crippen LogP contribution in [0.2, 0.25) is 0 Å². The Hall–Kier alpha value is -3.08. The predicted molar refractivity (Wildman–Crippen MR) is 91.5 cm³/mol. The lowest BCUT2D eigenvalue weighted by atomic mass is 10.1. The Bertz CT molecular complexity index is 767. The molecule has 0 spiro atoms. The summed E-state index contributed by atoms with van der Waals surface area (Å²) < 4.78 is 5.08. The summed E-state index contributed by atoms with van der Waals surface area (Å²) in [5.41, 5.74) is 8.23. The van der Waals surface area contributed by atoms with Crippen molar-refractivity contribution in [3.8, 4) is 5.75 Å². The standard InChI is InChI=1S/C18H18N2O3/c1-12(21)14-4-3-5-15(11-14)20-18(22)9-7-13-6-8-17(23-2)16(19)10-13/h3-11H,19H2,1-2H3,(H,20,22)/b9-7+. The van der Waals surface area contributed by atoms with E-state index >= 15 is 0 Å². The number of nitrogens with one attached hydrogen (secondary N) is 1. The van der Waals surface area contributed by atoms with Gasteiger partial charge in [-0.25, -0.2) is 0 Å². The normalized spacial score (nSPS) is 10.5. The predicted octanol–water partition coefficient (Wildman–Crippen LogP) is 3.13. The van der Waals surface area contributed by atoms with Crippen LogP contribution in [0, 0.1) is 0 Å². The molecule has 5 heteroatoms. The molecule has 0 saturated heterocycles. The molecule has 0 atom stereocenters. The molecule has 2 aromatic carbocycles. The quantitative estimate of drug-likeness (QED) is 0.505. The highest BCUT2D eigenvalue weighted by molar-refractivity contribution is 6.03. The number of carbonyl (C=O) groups excluding carboxylic acids is 2. The third-order valence-electron chi connectivity index (χ3n) is 3.22. The average Bonchev–Trinajstić information content (AvgIpc) is 2.53. The van der Waals surface area contributed by atoms with Gasteiger partial charge in [-0.15, -0.1) is 0 Å². The van der Waals surface area contributed by atoms with Gasteiger partial charge in [-0.1, -0.05) is 18.2 Å². The van der Waals surface area contributed by atoms with Crippen LogP contribution < -0.4 is 15.8 Å². The highest BCUT2D eigenvalue weighted by Crippen LogP contribution is 2.22. The van der Waals surface area contributed by atoms with E-state index < -0.39 is 0 Å². The molecule has 3 N–H and O–H groups in total. The van der Waals surface area contributed by atoms with Gasteiger partial charge >= 0.3 is 0 Å². The van der Waals surface area contributed by atoms with E-state index in [1.165, 1.54) is 13.0 Å². The second-order valence-corrected chi connectivity index (χ2v) is 4.96. The number of hydrogen-bond donors (Lipinski definition) is 2. The molecule has 0 radical (unpaired) electrons. The van der Waals surface area contributed by atoms with Crippen LogP contribution in [0.3, 0.4) is 0 Å². The third kappa shape index (κ3) is 4.44. The van der Waals surface area contributed by atoms with Crippen LogP contribution in [0.5, 0.6) is 5.75 Å². The van der Waals surface area contributed by atoms with Crippen molar-refractivity contribution in [3.63, 3.8) is 0 Å². The van der Waals surface area contributed by atoms with Gasteiger partial charge in [0.25, 0.3) is 0 Å². The first-order valence-electron chi connectivity index (χ1n) is 7.03. The van der Waals surface area contributed by atoms with Crippen LogP contribution in [-0.4, -0.2) is 18.8 Å². The molecule has 0 saturated carbocycles. The third-order valence-corrected chi connectivity index (χ3v) is 3.22. The van der Waals surface area contributed by atoms with Gasteiger partial charge in [-0.05, 0) is 42.8 Å². The Morgan fingerprint density at radius 3 is 2.61 bits per heavy atom. The van der Waals surface area contributed by atoms with E-state index in [0.717, 1.165) is 5.56 Å². The zero-order valence-electron chi connectivity index (χ0n) is 13.0. The maximum Gasteiger partial charge on any atom is 0.248 e. The SMILES string of the molecule is COc1ccc(/C=C/C(=O)Nc2cccc(C(C)=O)c2)cc1N. The summed E-state index contributed by atoms with van der Waals surface area (Å²) in [7, 11) is 1.55. The molecule has 0 heterocycles. The van der Waals surface area contributed by atoms with E-state index in [0.29, 0.717) is 22.7 Å². The van der Waals surface area contributed by atoms with Gasteiger partial charge in [0.15, 0.2) is 5.78 Å². The molecule has 0 aliphatic rings. The molecular weight excluding hydrogens is 292 g/mol. The second-order valence-electron chi connectivity index (χ2n) is 4.96. The molecule has 2 rings (SSSR count). The monoisotopic (exact) mass is 310 g/mol. The van der Waals surface area contributed by atoms with Gasteiger partial charge in [0.1, 0.15) is 5.75 Å². The van der Waals surface area contributed by atoms with Crippen LogP contribution in [0.1, 0.15) is 22.8 Å². The van der Waals surface area contributed by atoms with Crippen molar-refractivity contribution in [2.24, 2.45) is 0 Å². The van der Waals surface area contributed by atoms with Crippen molar-refractivity contribution in [2.75, 3.05) is 18.2 Å². The first-order chi connectivity index (χ1) is 11.0. The summed E-state index contributed by atoms with van der Waals surface area (Å²) in [6, 6.07) is 12.1.